The van der Waals surface area contributed by atoms with Gasteiger partial charge < -0.3 is 16.4 Å². The smallest absolute Gasteiger partial charge is 0.248 e. The number of hydrogen-bond donors (Lipinski definition) is 3. The van der Waals surface area contributed by atoms with Gasteiger partial charge in [0.1, 0.15) is 9.84 Å². The molecule has 0 radical (unpaired) electrons. The molecule has 1 rings (SSSR count). The minimum absolute atomic E-state index is 0. The Kier molecular flexibility index (Phi) is 9.90. The number of benzene rings is 1. The van der Waals surface area contributed by atoms with Crippen LogP contribution in [0.25, 0.3) is 0 Å². The van der Waals surface area contributed by atoms with E-state index >= 15 is 0 Å². The van der Waals surface area contributed by atoms with Crippen molar-refractivity contribution in [1.29, 1.82) is 0 Å². The average molecular weight is 468 g/mol. The number of amides is 1. The Morgan fingerprint density at radius 1 is 1.38 bits per heavy atom. The van der Waals surface area contributed by atoms with Gasteiger partial charge in [0.2, 0.25) is 5.91 Å². The molecule has 0 saturated carbocycles. The number of rotatable bonds is 7. The highest BCUT2D eigenvalue weighted by atomic mass is 127. The van der Waals surface area contributed by atoms with Gasteiger partial charge in [-0.3, -0.25) is 9.79 Å². The molecular formula is C15H25IN4O3S. The molecule has 0 fully saturated rings. The monoisotopic (exact) mass is 468 g/mol. The van der Waals surface area contributed by atoms with Crippen molar-refractivity contribution in [2.45, 2.75) is 25.9 Å². The molecule has 0 bridgehead atoms. The molecule has 4 N–H and O–H groups in total. The molecule has 9 heteroatoms. The summed E-state index contributed by atoms with van der Waals surface area (Å²) >= 11 is 0. The molecule has 1 atom stereocenters. The average Bonchev–Trinajstić information content (AvgIpc) is 2.49. The number of halogens is 1. The lowest BCUT2D eigenvalue weighted by Gasteiger charge is -2.17. The molecule has 0 saturated heterocycles. The predicted molar refractivity (Wildman–Crippen MR) is 107 cm³/mol. The molecule has 0 heterocycles. The lowest BCUT2D eigenvalue weighted by atomic mass is 10.1. The third kappa shape index (κ3) is 9.06. The molecule has 24 heavy (non-hydrogen) atoms. The largest absolute Gasteiger partial charge is 0.366 e. The maximum absolute atomic E-state index is 11.2. The summed E-state index contributed by atoms with van der Waals surface area (Å²) in [5.41, 5.74) is 6.60. The zero-order valence-electron chi connectivity index (χ0n) is 14.1. The van der Waals surface area contributed by atoms with E-state index in [0.717, 1.165) is 5.56 Å². The lowest BCUT2D eigenvalue weighted by Crippen LogP contribution is -2.42. The van der Waals surface area contributed by atoms with Gasteiger partial charge in [0.05, 0.1) is 5.75 Å². The van der Waals surface area contributed by atoms with E-state index in [4.69, 9.17) is 5.73 Å². The standard InChI is InChI=1S/C15H24N4O3S.HI/c1-11(7-8-23(3,21)22)19-15(17-2)18-10-12-5-4-6-13(9-12)14(16)20;/h4-6,9,11H,7-8,10H2,1-3H3,(H2,16,20)(H2,17,18,19);1H. The molecule has 1 amide bonds. The minimum Gasteiger partial charge on any atom is -0.366 e. The second-order valence-electron chi connectivity index (χ2n) is 5.45. The third-order valence-electron chi connectivity index (χ3n) is 3.20. The number of hydrogen-bond acceptors (Lipinski definition) is 4. The summed E-state index contributed by atoms with van der Waals surface area (Å²) in [4.78, 5) is 15.3. The van der Waals surface area contributed by atoms with Crippen molar-refractivity contribution in [2.75, 3.05) is 19.1 Å². The van der Waals surface area contributed by atoms with Crippen LogP contribution in [0.2, 0.25) is 0 Å². The number of aliphatic imine (C=N–C) groups is 1. The summed E-state index contributed by atoms with van der Waals surface area (Å²) < 4.78 is 22.4. The van der Waals surface area contributed by atoms with E-state index < -0.39 is 15.7 Å². The summed E-state index contributed by atoms with van der Waals surface area (Å²) in [6.07, 6.45) is 1.72. The van der Waals surface area contributed by atoms with E-state index in [9.17, 15) is 13.2 Å². The van der Waals surface area contributed by atoms with E-state index in [2.05, 4.69) is 15.6 Å². The summed E-state index contributed by atoms with van der Waals surface area (Å²) in [6, 6.07) is 6.98. The van der Waals surface area contributed by atoms with Crippen molar-refractivity contribution in [2.24, 2.45) is 10.7 Å². The maximum Gasteiger partial charge on any atom is 0.248 e. The van der Waals surface area contributed by atoms with E-state index in [1.807, 2.05) is 13.0 Å². The van der Waals surface area contributed by atoms with Crippen molar-refractivity contribution >= 4 is 45.7 Å². The van der Waals surface area contributed by atoms with E-state index in [-0.39, 0.29) is 35.8 Å². The molecule has 0 aliphatic rings. The first kappa shape index (κ1) is 22.6. The van der Waals surface area contributed by atoms with Gasteiger partial charge in [-0.05, 0) is 31.0 Å². The molecule has 7 nitrogen and oxygen atoms in total. The normalized spacial score (nSPS) is 12.9. The lowest BCUT2D eigenvalue weighted by molar-refractivity contribution is 0.1000. The molecule has 0 aromatic heterocycles. The third-order valence-corrected chi connectivity index (χ3v) is 4.18. The number of nitrogens with two attached hydrogens (primary N) is 1. The number of guanidine groups is 1. The Morgan fingerprint density at radius 3 is 2.58 bits per heavy atom. The first-order valence-corrected chi connectivity index (χ1v) is 9.31. The quantitative estimate of drug-likeness (QED) is 0.313. The fourth-order valence-electron chi connectivity index (χ4n) is 1.91. The Morgan fingerprint density at radius 2 is 2.04 bits per heavy atom. The SMILES string of the molecule is CN=C(NCc1cccc(C(N)=O)c1)NC(C)CCS(C)(=O)=O.I. The highest BCUT2D eigenvalue weighted by Gasteiger charge is 2.09. The van der Waals surface area contributed by atoms with Crippen molar-refractivity contribution in [3.05, 3.63) is 35.4 Å². The van der Waals surface area contributed by atoms with Crippen molar-refractivity contribution in [3.8, 4) is 0 Å². The van der Waals surface area contributed by atoms with Crippen LogP contribution in [0.15, 0.2) is 29.3 Å². The zero-order valence-corrected chi connectivity index (χ0v) is 17.2. The molecule has 0 aliphatic carbocycles. The first-order chi connectivity index (χ1) is 10.7. The molecule has 1 aromatic carbocycles. The highest BCUT2D eigenvalue weighted by Crippen LogP contribution is 2.04. The summed E-state index contributed by atoms with van der Waals surface area (Å²) in [7, 11) is -1.34. The number of sulfone groups is 1. The van der Waals surface area contributed by atoms with E-state index in [0.29, 0.717) is 24.5 Å². The summed E-state index contributed by atoms with van der Waals surface area (Å²) in [5.74, 6) is 0.220. The van der Waals surface area contributed by atoms with Crippen molar-refractivity contribution in [1.82, 2.24) is 10.6 Å². The minimum atomic E-state index is -2.97. The van der Waals surface area contributed by atoms with Gasteiger partial charge >= 0.3 is 0 Å². The van der Waals surface area contributed by atoms with Crippen LogP contribution in [0, 0.1) is 0 Å². The number of nitrogens with one attached hydrogen (secondary N) is 2. The molecule has 0 spiro atoms. The van der Waals surface area contributed by atoms with Gasteiger partial charge in [-0.2, -0.15) is 0 Å². The Hall–Kier alpha value is -1.36. The van der Waals surface area contributed by atoms with Crippen LogP contribution >= 0.6 is 24.0 Å². The Bertz CT molecular complexity index is 677. The predicted octanol–water partition coefficient (Wildman–Crippen LogP) is 0.892. The van der Waals surface area contributed by atoms with E-state index in [1.54, 1.807) is 25.2 Å². The Labute approximate surface area is 160 Å². The second-order valence-corrected chi connectivity index (χ2v) is 7.71. The number of primary amides is 1. The van der Waals surface area contributed by atoms with Gasteiger partial charge in [-0.25, -0.2) is 8.42 Å². The molecule has 1 unspecified atom stereocenters. The molecule has 0 aliphatic heterocycles. The van der Waals surface area contributed by atoms with Crippen LogP contribution in [-0.2, 0) is 16.4 Å². The topological polar surface area (TPSA) is 114 Å². The number of carbonyl (C=O) groups is 1. The maximum atomic E-state index is 11.2. The van der Waals surface area contributed by atoms with Gasteiger partial charge in [0, 0.05) is 31.5 Å². The van der Waals surface area contributed by atoms with Crippen molar-refractivity contribution < 1.29 is 13.2 Å². The van der Waals surface area contributed by atoms with Crippen LogP contribution in [0.3, 0.4) is 0 Å². The number of carbonyl (C=O) groups excluding carboxylic acids is 1. The Balaban J connectivity index is 0.00000529. The van der Waals surface area contributed by atoms with Gasteiger partial charge in [0.15, 0.2) is 5.96 Å². The highest BCUT2D eigenvalue weighted by molar-refractivity contribution is 14.0. The molecule has 136 valence electrons. The molecule has 1 aromatic rings. The first-order valence-electron chi connectivity index (χ1n) is 7.25. The fourth-order valence-corrected chi connectivity index (χ4v) is 2.69. The van der Waals surface area contributed by atoms with Gasteiger partial charge in [-0.1, -0.05) is 12.1 Å². The van der Waals surface area contributed by atoms with Crippen LogP contribution in [0.5, 0.6) is 0 Å². The zero-order chi connectivity index (χ0) is 17.5. The van der Waals surface area contributed by atoms with E-state index in [1.165, 1.54) is 6.26 Å². The number of nitrogens with zero attached hydrogens (tertiary/aromatic N) is 1. The van der Waals surface area contributed by atoms with Crippen LogP contribution in [0.4, 0.5) is 0 Å². The van der Waals surface area contributed by atoms with Crippen molar-refractivity contribution in [3.63, 3.8) is 0 Å². The summed E-state index contributed by atoms with van der Waals surface area (Å²) in [5, 5.41) is 6.25. The van der Waals surface area contributed by atoms with Gasteiger partial charge in [-0.15, -0.1) is 24.0 Å². The fraction of sp³-hybridized carbons (Fsp3) is 0.467. The molecular weight excluding hydrogens is 443 g/mol. The van der Waals surface area contributed by atoms with Crippen LogP contribution in [-0.4, -0.2) is 45.4 Å². The van der Waals surface area contributed by atoms with Gasteiger partial charge in [0.25, 0.3) is 0 Å². The van der Waals surface area contributed by atoms with Crippen LogP contribution in [0.1, 0.15) is 29.3 Å². The second kappa shape index (κ2) is 10.5. The summed E-state index contributed by atoms with van der Waals surface area (Å²) in [6.45, 7) is 2.37. The van der Waals surface area contributed by atoms with Crippen LogP contribution < -0.4 is 16.4 Å².